The molecule has 8 heteroatoms. The zero-order valence-electron chi connectivity index (χ0n) is 16.3. The second-order valence-corrected chi connectivity index (χ2v) is 7.80. The van der Waals surface area contributed by atoms with Crippen molar-refractivity contribution in [2.75, 3.05) is 26.3 Å². The first-order valence-corrected chi connectivity index (χ1v) is 10.2. The molecule has 1 amide bonds. The molecule has 2 fully saturated rings. The lowest BCUT2D eigenvalue weighted by atomic mass is 10.1. The molecule has 28 heavy (non-hydrogen) atoms. The fourth-order valence-corrected chi connectivity index (χ4v) is 3.94. The number of ether oxygens (including phenoxy) is 1. The van der Waals surface area contributed by atoms with Crippen molar-refractivity contribution < 1.29 is 14.1 Å². The van der Waals surface area contributed by atoms with Gasteiger partial charge in [-0.25, -0.2) is 4.98 Å². The Balaban J connectivity index is 1.25. The summed E-state index contributed by atoms with van der Waals surface area (Å²) in [6.45, 7) is 4.53. The van der Waals surface area contributed by atoms with Crippen LogP contribution in [0, 0.1) is 12.8 Å². The lowest BCUT2D eigenvalue weighted by Gasteiger charge is -2.14. The number of hydrogen-bond acceptors (Lipinski definition) is 7. The molecular weight excluding hydrogens is 358 g/mol. The molecule has 3 heterocycles. The van der Waals surface area contributed by atoms with E-state index in [1.165, 1.54) is 31.9 Å². The molecule has 2 aliphatic rings. The van der Waals surface area contributed by atoms with Crippen LogP contribution in [0.2, 0.25) is 0 Å². The highest BCUT2D eigenvalue weighted by molar-refractivity contribution is 5.92. The van der Waals surface area contributed by atoms with Gasteiger partial charge in [-0.1, -0.05) is 18.0 Å². The van der Waals surface area contributed by atoms with Crippen molar-refractivity contribution in [3.05, 3.63) is 35.5 Å². The van der Waals surface area contributed by atoms with Crippen LogP contribution in [0.5, 0.6) is 0 Å². The topological polar surface area (TPSA) is 94.2 Å². The van der Waals surface area contributed by atoms with Crippen LogP contribution in [-0.4, -0.2) is 57.2 Å². The lowest BCUT2D eigenvalue weighted by molar-refractivity contribution is 0.0783. The summed E-state index contributed by atoms with van der Waals surface area (Å²) in [5.41, 5.74) is 1.17. The Morgan fingerprint density at radius 2 is 2.11 bits per heavy atom. The second kappa shape index (κ2) is 8.77. The molecule has 4 rings (SSSR count). The van der Waals surface area contributed by atoms with E-state index in [9.17, 15) is 4.79 Å². The van der Waals surface area contributed by atoms with E-state index in [2.05, 4.69) is 20.1 Å². The summed E-state index contributed by atoms with van der Waals surface area (Å²) in [4.78, 5) is 27.2. The van der Waals surface area contributed by atoms with Gasteiger partial charge in [0.2, 0.25) is 5.89 Å². The van der Waals surface area contributed by atoms with Gasteiger partial charge in [-0.05, 0) is 32.1 Å². The molecule has 0 bridgehead atoms. The van der Waals surface area contributed by atoms with E-state index in [-0.39, 0.29) is 11.8 Å². The lowest BCUT2D eigenvalue weighted by Crippen LogP contribution is -2.29. The highest BCUT2D eigenvalue weighted by Crippen LogP contribution is 2.27. The molecule has 0 radical (unpaired) electrons. The van der Waals surface area contributed by atoms with Crippen LogP contribution in [0.1, 0.15) is 65.9 Å². The van der Waals surface area contributed by atoms with Crippen LogP contribution < -0.4 is 0 Å². The minimum atomic E-state index is -0.102. The molecule has 1 aliphatic heterocycles. The predicted molar refractivity (Wildman–Crippen MR) is 101 cm³/mol. The van der Waals surface area contributed by atoms with Gasteiger partial charge in [0.25, 0.3) is 5.91 Å². The minimum Gasteiger partial charge on any atom is -0.381 e. The van der Waals surface area contributed by atoms with Gasteiger partial charge in [0.05, 0.1) is 24.4 Å². The van der Waals surface area contributed by atoms with Crippen molar-refractivity contribution in [2.45, 2.75) is 51.4 Å². The van der Waals surface area contributed by atoms with E-state index < -0.39 is 0 Å². The minimum absolute atomic E-state index is 0.0722. The molecule has 0 aromatic carbocycles. The summed E-state index contributed by atoms with van der Waals surface area (Å²) in [6.07, 6.45) is 9.85. The van der Waals surface area contributed by atoms with Gasteiger partial charge in [-0.2, -0.15) is 4.98 Å². The number of rotatable bonds is 7. The van der Waals surface area contributed by atoms with Gasteiger partial charge in [-0.15, -0.1) is 0 Å². The number of nitrogens with zero attached hydrogens (tertiary/aromatic N) is 5. The monoisotopic (exact) mass is 385 g/mol. The predicted octanol–water partition coefficient (Wildman–Crippen LogP) is 2.55. The van der Waals surface area contributed by atoms with Crippen molar-refractivity contribution in [1.82, 2.24) is 25.0 Å². The number of hydrogen-bond donors (Lipinski definition) is 0. The normalized spacial score (nSPS) is 20.2. The Morgan fingerprint density at radius 3 is 2.89 bits per heavy atom. The second-order valence-electron chi connectivity index (χ2n) is 7.80. The van der Waals surface area contributed by atoms with Gasteiger partial charge in [0.15, 0.2) is 5.82 Å². The fourth-order valence-electron chi connectivity index (χ4n) is 3.94. The van der Waals surface area contributed by atoms with Crippen molar-refractivity contribution in [2.24, 2.45) is 5.92 Å². The van der Waals surface area contributed by atoms with Crippen LogP contribution in [0.25, 0.3) is 0 Å². The molecule has 150 valence electrons. The third-order valence-electron chi connectivity index (χ3n) is 5.61. The SMILES string of the molecule is Cc1cnc(C(=O)N2CCC(c3nc(CCOCC4CCCC4)no3)C2)cn1. The third kappa shape index (κ3) is 4.55. The average Bonchev–Trinajstić information content (AvgIpc) is 3.47. The standard InChI is InChI=1S/C20H27N5O3/c1-14-10-22-17(11-21-14)20(26)25-8-6-16(12-25)19-23-18(24-28-19)7-9-27-13-15-4-2-3-5-15/h10-11,15-16H,2-9,12-13H2,1H3. The van der Waals surface area contributed by atoms with Crippen molar-refractivity contribution in [1.29, 1.82) is 0 Å². The molecule has 0 N–H and O–H groups in total. The smallest absolute Gasteiger partial charge is 0.274 e. The summed E-state index contributed by atoms with van der Waals surface area (Å²) >= 11 is 0. The first-order chi connectivity index (χ1) is 13.7. The summed E-state index contributed by atoms with van der Waals surface area (Å²) in [6, 6.07) is 0. The van der Waals surface area contributed by atoms with Crippen LogP contribution in [0.15, 0.2) is 16.9 Å². The quantitative estimate of drug-likeness (QED) is 0.676. The molecule has 0 spiro atoms. The van der Waals surface area contributed by atoms with Gasteiger partial charge in [0.1, 0.15) is 5.69 Å². The number of aromatic nitrogens is 4. The van der Waals surface area contributed by atoms with Crippen LogP contribution in [-0.2, 0) is 11.2 Å². The van der Waals surface area contributed by atoms with Crippen molar-refractivity contribution >= 4 is 5.91 Å². The zero-order chi connectivity index (χ0) is 19.3. The first-order valence-electron chi connectivity index (χ1n) is 10.2. The molecule has 1 saturated heterocycles. The van der Waals surface area contributed by atoms with E-state index in [1.54, 1.807) is 11.1 Å². The molecule has 1 saturated carbocycles. The Labute approximate surface area is 164 Å². The van der Waals surface area contributed by atoms with Crippen LogP contribution in [0.3, 0.4) is 0 Å². The molecule has 8 nitrogen and oxygen atoms in total. The highest BCUT2D eigenvalue weighted by Gasteiger charge is 2.32. The maximum atomic E-state index is 12.6. The van der Waals surface area contributed by atoms with Gasteiger partial charge in [-0.3, -0.25) is 9.78 Å². The van der Waals surface area contributed by atoms with Gasteiger partial charge < -0.3 is 14.2 Å². The Kier molecular flexibility index (Phi) is 5.95. The maximum Gasteiger partial charge on any atom is 0.274 e. The van der Waals surface area contributed by atoms with Crippen molar-refractivity contribution in [3.63, 3.8) is 0 Å². The molecule has 2 aromatic heterocycles. The summed E-state index contributed by atoms with van der Waals surface area (Å²) < 4.78 is 11.2. The molecule has 1 unspecified atom stereocenters. The first kappa shape index (κ1) is 19.0. The number of amides is 1. The van der Waals surface area contributed by atoms with Crippen LogP contribution >= 0.6 is 0 Å². The Hall–Kier alpha value is -2.35. The fraction of sp³-hybridized carbons (Fsp3) is 0.650. The largest absolute Gasteiger partial charge is 0.381 e. The van der Waals surface area contributed by atoms with Crippen LogP contribution in [0.4, 0.5) is 0 Å². The van der Waals surface area contributed by atoms with E-state index in [0.717, 1.165) is 24.6 Å². The Bertz CT molecular complexity index is 785. The van der Waals surface area contributed by atoms with Crippen molar-refractivity contribution in [3.8, 4) is 0 Å². The van der Waals surface area contributed by atoms with Gasteiger partial charge >= 0.3 is 0 Å². The highest BCUT2D eigenvalue weighted by atomic mass is 16.5. The Morgan fingerprint density at radius 1 is 1.25 bits per heavy atom. The summed E-state index contributed by atoms with van der Waals surface area (Å²) in [5.74, 6) is 1.98. The average molecular weight is 385 g/mol. The number of likely N-dealkylation sites (tertiary alicyclic amines) is 1. The molecule has 2 aromatic rings. The third-order valence-corrected chi connectivity index (χ3v) is 5.61. The molecule has 1 atom stereocenters. The van der Waals surface area contributed by atoms with Gasteiger partial charge in [0, 0.05) is 32.3 Å². The number of carbonyl (C=O) groups excluding carboxylic acids is 1. The maximum absolute atomic E-state index is 12.6. The van der Waals surface area contributed by atoms with E-state index >= 15 is 0 Å². The van der Waals surface area contributed by atoms with E-state index in [0.29, 0.717) is 43.5 Å². The molecular formula is C20H27N5O3. The zero-order valence-corrected chi connectivity index (χ0v) is 16.3. The number of carbonyl (C=O) groups is 1. The summed E-state index contributed by atoms with van der Waals surface area (Å²) in [5, 5.41) is 4.08. The van der Waals surface area contributed by atoms with E-state index in [4.69, 9.17) is 9.26 Å². The molecule has 1 aliphatic carbocycles. The van der Waals surface area contributed by atoms with E-state index in [1.807, 2.05) is 6.92 Å². The number of aryl methyl sites for hydroxylation is 1. The summed E-state index contributed by atoms with van der Waals surface area (Å²) in [7, 11) is 0.